The lowest BCUT2D eigenvalue weighted by molar-refractivity contribution is 0.0302. The van der Waals surface area contributed by atoms with E-state index in [0.29, 0.717) is 31.9 Å². The van der Waals surface area contributed by atoms with Crippen molar-refractivity contribution in [2.45, 2.75) is 0 Å². The molecule has 6 nitrogen and oxygen atoms in total. The van der Waals surface area contributed by atoms with E-state index in [0.717, 1.165) is 0 Å². The van der Waals surface area contributed by atoms with Crippen LogP contribution in [0.2, 0.25) is 0 Å². The summed E-state index contributed by atoms with van der Waals surface area (Å²) in [5.41, 5.74) is 0.690. The molecule has 0 bridgehead atoms. The molecule has 3 rings (SSSR count). The molecule has 114 valence electrons. The topological polar surface area (TPSA) is 67.4 Å². The molecule has 1 saturated heterocycles. The Labute approximate surface area is 126 Å². The molecule has 0 radical (unpaired) electrons. The van der Waals surface area contributed by atoms with Gasteiger partial charge in [0.05, 0.1) is 24.5 Å². The normalized spacial score (nSPS) is 14.7. The third kappa shape index (κ3) is 3.20. The van der Waals surface area contributed by atoms with Gasteiger partial charge in [-0.1, -0.05) is 12.1 Å². The van der Waals surface area contributed by atoms with E-state index in [1.807, 2.05) is 0 Å². The van der Waals surface area contributed by atoms with Crippen LogP contribution in [-0.4, -0.2) is 47.1 Å². The minimum atomic E-state index is -0.389. The lowest BCUT2D eigenvalue weighted by Gasteiger charge is -2.26. The number of benzene rings is 1. The summed E-state index contributed by atoms with van der Waals surface area (Å²) in [5, 5.41) is 2.78. The first-order valence-electron chi connectivity index (χ1n) is 6.94. The first kappa shape index (κ1) is 14.4. The number of carbonyl (C=O) groups is 1. The van der Waals surface area contributed by atoms with E-state index in [-0.39, 0.29) is 23.4 Å². The van der Waals surface area contributed by atoms with E-state index < -0.39 is 0 Å². The maximum Gasteiger partial charge on any atom is 0.257 e. The summed E-state index contributed by atoms with van der Waals surface area (Å²) >= 11 is 0. The van der Waals surface area contributed by atoms with E-state index in [1.54, 1.807) is 23.1 Å². The van der Waals surface area contributed by atoms with Crippen molar-refractivity contribution in [3.8, 4) is 0 Å². The molecular formula is C15H15FN4O2. The first-order valence-corrected chi connectivity index (χ1v) is 6.94. The molecule has 1 N–H and O–H groups in total. The largest absolute Gasteiger partial charge is 0.378 e. The van der Waals surface area contributed by atoms with Gasteiger partial charge >= 0.3 is 0 Å². The summed E-state index contributed by atoms with van der Waals surface area (Å²) in [5.74, 6) is -0.274. The second kappa shape index (κ2) is 6.48. The first-order chi connectivity index (χ1) is 10.7. The number of amides is 1. The maximum atomic E-state index is 13.5. The number of ether oxygens (including phenoxy) is 1. The number of aromatic nitrogens is 2. The third-order valence-corrected chi connectivity index (χ3v) is 3.32. The number of hydrogen-bond donors (Lipinski definition) is 1. The smallest absolute Gasteiger partial charge is 0.257 e. The predicted molar refractivity (Wildman–Crippen MR) is 78.4 cm³/mol. The predicted octanol–water partition coefficient (Wildman–Crippen LogP) is 1.83. The van der Waals surface area contributed by atoms with Crippen LogP contribution in [0.5, 0.6) is 0 Å². The monoisotopic (exact) mass is 302 g/mol. The van der Waals surface area contributed by atoms with E-state index >= 15 is 0 Å². The molecule has 1 aliphatic rings. The van der Waals surface area contributed by atoms with E-state index in [9.17, 15) is 9.18 Å². The Morgan fingerprint density at radius 3 is 2.55 bits per heavy atom. The molecule has 7 heteroatoms. The van der Waals surface area contributed by atoms with Crippen molar-refractivity contribution >= 4 is 17.5 Å². The van der Waals surface area contributed by atoms with Crippen molar-refractivity contribution < 1.29 is 13.9 Å². The van der Waals surface area contributed by atoms with Crippen LogP contribution in [-0.2, 0) is 4.74 Å². The molecule has 1 aromatic carbocycles. The number of halogens is 1. The SMILES string of the molecule is O=C(c1cnc(Nc2ccccc2F)nc1)N1CCOCC1. The molecule has 1 aromatic heterocycles. The van der Waals surface area contributed by atoms with Crippen LogP contribution in [0.15, 0.2) is 36.7 Å². The molecule has 1 amide bonds. The fourth-order valence-electron chi connectivity index (χ4n) is 2.14. The van der Waals surface area contributed by atoms with Gasteiger partial charge in [0.2, 0.25) is 5.95 Å². The molecule has 0 unspecified atom stereocenters. The molecular weight excluding hydrogens is 287 g/mol. The van der Waals surface area contributed by atoms with Crippen LogP contribution in [0, 0.1) is 5.82 Å². The highest BCUT2D eigenvalue weighted by atomic mass is 19.1. The van der Waals surface area contributed by atoms with Gasteiger partial charge in [-0.05, 0) is 12.1 Å². The zero-order chi connectivity index (χ0) is 15.4. The zero-order valence-electron chi connectivity index (χ0n) is 11.8. The third-order valence-electron chi connectivity index (χ3n) is 3.32. The molecule has 0 saturated carbocycles. The molecule has 1 aliphatic heterocycles. The zero-order valence-corrected chi connectivity index (χ0v) is 11.8. The number of hydrogen-bond acceptors (Lipinski definition) is 5. The van der Waals surface area contributed by atoms with Gasteiger partial charge in [0.15, 0.2) is 0 Å². The number of nitrogens with one attached hydrogen (secondary N) is 1. The minimum Gasteiger partial charge on any atom is -0.378 e. The number of para-hydroxylation sites is 1. The van der Waals surface area contributed by atoms with Gasteiger partial charge in [0.25, 0.3) is 5.91 Å². The summed E-state index contributed by atoms with van der Waals surface area (Å²) in [6.45, 7) is 2.21. The van der Waals surface area contributed by atoms with Crippen LogP contribution < -0.4 is 5.32 Å². The molecule has 0 spiro atoms. The molecule has 22 heavy (non-hydrogen) atoms. The Balaban J connectivity index is 1.70. The average molecular weight is 302 g/mol. The Morgan fingerprint density at radius 1 is 1.18 bits per heavy atom. The summed E-state index contributed by atoms with van der Waals surface area (Å²) in [7, 11) is 0. The average Bonchev–Trinajstić information content (AvgIpc) is 2.58. The number of rotatable bonds is 3. The van der Waals surface area contributed by atoms with Gasteiger partial charge in [-0.2, -0.15) is 0 Å². The second-order valence-electron chi connectivity index (χ2n) is 4.80. The van der Waals surface area contributed by atoms with Gasteiger partial charge in [0, 0.05) is 25.5 Å². The summed E-state index contributed by atoms with van der Waals surface area (Å²) in [6, 6.07) is 6.25. The van der Waals surface area contributed by atoms with Crippen LogP contribution >= 0.6 is 0 Å². The van der Waals surface area contributed by atoms with Gasteiger partial charge in [-0.15, -0.1) is 0 Å². The standard InChI is InChI=1S/C15H15FN4O2/c16-12-3-1-2-4-13(12)19-15-17-9-11(10-18-15)14(21)20-5-7-22-8-6-20/h1-4,9-10H,5-8H2,(H,17,18,19). The Bertz CT molecular complexity index is 657. The van der Waals surface area contributed by atoms with Crippen molar-refractivity contribution in [3.63, 3.8) is 0 Å². The maximum absolute atomic E-state index is 13.5. The highest BCUT2D eigenvalue weighted by Crippen LogP contribution is 2.16. The summed E-state index contributed by atoms with van der Waals surface area (Å²) in [6.07, 6.45) is 2.88. The van der Waals surface area contributed by atoms with Crippen molar-refractivity contribution in [1.82, 2.24) is 14.9 Å². The summed E-state index contributed by atoms with van der Waals surface area (Å²) < 4.78 is 18.7. The Kier molecular flexibility index (Phi) is 4.24. The van der Waals surface area contributed by atoms with Crippen molar-refractivity contribution in [1.29, 1.82) is 0 Å². The van der Waals surface area contributed by atoms with Gasteiger partial charge in [-0.3, -0.25) is 4.79 Å². The highest BCUT2D eigenvalue weighted by Gasteiger charge is 2.19. The molecule has 0 atom stereocenters. The fourth-order valence-corrected chi connectivity index (χ4v) is 2.14. The number of anilines is 2. The molecule has 1 fully saturated rings. The number of nitrogens with zero attached hydrogens (tertiary/aromatic N) is 3. The number of morpholine rings is 1. The molecule has 2 aromatic rings. The van der Waals surface area contributed by atoms with Crippen molar-refractivity contribution in [2.24, 2.45) is 0 Å². The molecule has 2 heterocycles. The number of carbonyl (C=O) groups excluding carboxylic acids is 1. The second-order valence-corrected chi connectivity index (χ2v) is 4.80. The van der Waals surface area contributed by atoms with Crippen LogP contribution in [0.1, 0.15) is 10.4 Å². The van der Waals surface area contributed by atoms with Crippen molar-refractivity contribution in [2.75, 3.05) is 31.6 Å². The van der Waals surface area contributed by atoms with Gasteiger partial charge in [-0.25, -0.2) is 14.4 Å². The van der Waals surface area contributed by atoms with Gasteiger partial charge < -0.3 is 15.0 Å². The summed E-state index contributed by atoms with van der Waals surface area (Å²) in [4.78, 5) is 22.1. The minimum absolute atomic E-state index is 0.124. The molecule has 0 aliphatic carbocycles. The van der Waals surface area contributed by atoms with Crippen LogP contribution in [0.25, 0.3) is 0 Å². The van der Waals surface area contributed by atoms with E-state index in [2.05, 4.69) is 15.3 Å². The fraction of sp³-hybridized carbons (Fsp3) is 0.267. The van der Waals surface area contributed by atoms with E-state index in [1.165, 1.54) is 18.5 Å². The van der Waals surface area contributed by atoms with E-state index in [4.69, 9.17) is 4.74 Å². The Morgan fingerprint density at radius 2 is 1.86 bits per heavy atom. The lowest BCUT2D eigenvalue weighted by atomic mass is 10.2. The lowest BCUT2D eigenvalue weighted by Crippen LogP contribution is -2.40. The van der Waals surface area contributed by atoms with Gasteiger partial charge in [0.1, 0.15) is 5.82 Å². The quantitative estimate of drug-likeness (QED) is 0.937. The van der Waals surface area contributed by atoms with Crippen LogP contribution in [0.3, 0.4) is 0 Å². The Hall–Kier alpha value is -2.54. The highest BCUT2D eigenvalue weighted by molar-refractivity contribution is 5.93. The van der Waals surface area contributed by atoms with Crippen LogP contribution in [0.4, 0.5) is 16.0 Å². The van der Waals surface area contributed by atoms with Crippen molar-refractivity contribution in [3.05, 3.63) is 48.0 Å².